The molecule has 0 aliphatic carbocycles. The van der Waals surface area contributed by atoms with Gasteiger partial charge in [0.05, 0.1) is 23.3 Å². The first-order valence-electron chi connectivity index (χ1n) is 10.1. The quantitative estimate of drug-likeness (QED) is 0.375. The molecule has 34 heavy (non-hydrogen) atoms. The van der Waals surface area contributed by atoms with Crippen LogP contribution in [0.5, 0.6) is 0 Å². The molecule has 0 bridgehead atoms. The van der Waals surface area contributed by atoms with Gasteiger partial charge in [0.15, 0.2) is 17.0 Å². The summed E-state index contributed by atoms with van der Waals surface area (Å²) in [4.78, 5) is 22.6. The Morgan fingerprint density at radius 2 is 1.03 bits per heavy atom. The van der Waals surface area contributed by atoms with E-state index >= 15 is 0 Å². The molecule has 0 saturated heterocycles. The standard InChI is InChI=1S/C25H11N7O2/c26-12-14-9-15(13-27)11-16(10-14)21-30-22(24-28-17-5-1-3-7-19(17)33-24)32-23(31-21)25-29-18-6-2-4-8-20(18)34-25/h1-11H. The van der Waals surface area contributed by atoms with Crippen molar-refractivity contribution in [2.45, 2.75) is 0 Å². The van der Waals surface area contributed by atoms with Crippen LogP contribution in [0.3, 0.4) is 0 Å². The zero-order valence-electron chi connectivity index (χ0n) is 17.3. The van der Waals surface area contributed by atoms with Crippen molar-refractivity contribution < 1.29 is 8.83 Å². The second kappa shape index (κ2) is 7.62. The Morgan fingerprint density at radius 3 is 1.50 bits per heavy atom. The predicted molar refractivity (Wildman–Crippen MR) is 121 cm³/mol. The number of hydrogen-bond acceptors (Lipinski definition) is 9. The van der Waals surface area contributed by atoms with E-state index in [1.807, 2.05) is 36.4 Å². The molecule has 0 spiro atoms. The highest BCUT2D eigenvalue weighted by Crippen LogP contribution is 2.28. The molecule has 3 heterocycles. The lowest BCUT2D eigenvalue weighted by molar-refractivity contribution is 0.605. The number of nitrogens with zero attached hydrogens (tertiary/aromatic N) is 7. The van der Waals surface area contributed by atoms with Gasteiger partial charge in [0, 0.05) is 5.56 Å². The average molecular weight is 441 g/mol. The van der Waals surface area contributed by atoms with E-state index in [2.05, 4.69) is 37.1 Å². The first kappa shape index (κ1) is 19.3. The number of fused-ring (bicyclic) bond motifs is 2. The molecule has 0 radical (unpaired) electrons. The lowest BCUT2D eigenvalue weighted by Crippen LogP contribution is -2.01. The molecule has 0 aliphatic heterocycles. The third-order valence-corrected chi connectivity index (χ3v) is 5.06. The van der Waals surface area contributed by atoms with E-state index in [-0.39, 0.29) is 29.3 Å². The lowest BCUT2D eigenvalue weighted by atomic mass is 10.1. The molecule has 6 rings (SSSR count). The molecule has 0 amide bonds. The minimum Gasteiger partial charge on any atom is -0.434 e. The fourth-order valence-electron chi connectivity index (χ4n) is 3.52. The van der Waals surface area contributed by atoms with E-state index in [1.54, 1.807) is 24.3 Å². The minimum atomic E-state index is 0.166. The van der Waals surface area contributed by atoms with Gasteiger partial charge in [-0.25, -0.2) is 19.9 Å². The summed E-state index contributed by atoms with van der Waals surface area (Å²) in [5.41, 5.74) is 3.56. The van der Waals surface area contributed by atoms with Crippen LogP contribution in [-0.2, 0) is 0 Å². The van der Waals surface area contributed by atoms with Gasteiger partial charge in [0.2, 0.25) is 11.6 Å². The summed E-state index contributed by atoms with van der Waals surface area (Å²) in [5, 5.41) is 18.8. The van der Waals surface area contributed by atoms with Crippen LogP contribution in [0.4, 0.5) is 0 Å². The Hall–Kier alpha value is -5.41. The average Bonchev–Trinajstić information content (AvgIpc) is 3.52. The second-order valence-electron chi connectivity index (χ2n) is 7.30. The largest absolute Gasteiger partial charge is 0.434 e. The fourth-order valence-corrected chi connectivity index (χ4v) is 3.52. The van der Waals surface area contributed by atoms with Crippen molar-refractivity contribution in [3.05, 3.63) is 77.9 Å². The Labute approximate surface area is 191 Å². The molecule has 0 saturated carbocycles. The highest BCUT2D eigenvalue weighted by molar-refractivity contribution is 5.77. The molecular weight excluding hydrogens is 430 g/mol. The maximum absolute atomic E-state index is 9.39. The zero-order chi connectivity index (χ0) is 23.1. The van der Waals surface area contributed by atoms with Gasteiger partial charge in [-0.05, 0) is 42.5 Å². The molecule has 3 aromatic heterocycles. The van der Waals surface area contributed by atoms with E-state index in [0.717, 1.165) is 0 Å². The summed E-state index contributed by atoms with van der Waals surface area (Å²) in [6.45, 7) is 0. The molecule has 0 N–H and O–H groups in total. The third kappa shape index (κ3) is 3.30. The molecule has 9 nitrogen and oxygen atoms in total. The zero-order valence-corrected chi connectivity index (χ0v) is 17.3. The van der Waals surface area contributed by atoms with E-state index in [1.165, 1.54) is 6.07 Å². The van der Waals surface area contributed by atoms with Gasteiger partial charge < -0.3 is 8.83 Å². The summed E-state index contributed by atoms with van der Waals surface area (Å²) in [6, 6.07) is 23.4. The molecule has 0 unspecified atom stereocenters. The van der Waals surface area contributed by atoms with E-state index in [9.17, 15) is 10.5 Å². The maximum Gasteiger partial charge on any atom is 0.266 e. The summed E-state index contributed by atoms with van der Waals surface area (Å²) in [6.07, 6.45) is 0. The van der Waals surface area contributed by atoms with Crippen LogP contribution in [0.25, 0.3) is 57.0 Å². The van der Waals surface area contributed by atoms with Crippen LogP contribution in [0.15, 0.2) is 75.6 Å². The molecule has 9 heteroatoms. The maximum atomic E-state index is 9.39. The Morgan fingerprint density at radius 1 is 0.559 bits per heavy atom. The van der Waals surface area contributed by atoms with Crippen molar-refractivity contribution in [2.24, 2.45) is 0 Å². The minimum absolute atomic E-state index is 0.166. The van der Waals surface area contributed by atoms with E-state index < -0.39 is 0 Å². The van der Waals surface area contributed by atoms with Gasteiger partial charge in [0.1, 0.15) is 11.0 Å². The highest BCUT2D eigenvalue weighted by Gasteiger charge is 2.20. The van der Waals surface area contributed by atoms with Crippen molar-refractivity contribution in [1.29, 1.82) is 10.5 Å². The van der Waals surface area contributed by atoms with Gasteiger partial charge in [-0.1, -0.05) is 24.3 Å². The van der Waals surface area contributed by atoms with E-state index in [0.29, 0.717) is 38.9 Å². The normalized spacial score (nSPS) is 10.9. The van der Waals surface area contributed by atoms with Gasteiger partial charge >= 0.3 is 0 Å². The first-order valence-corrected chi connectivity index (χ1v) is 10.1. The van der Waals surface area contributed by atoms with Crippen LogP contribution >= 0.6 is 0 Å². The summed E-state index contributed by atoms with van der Waals surface area (Å²) in [5.74, 6) is 0.940. The molecule has 158 valence electrons. The number of oxazole rings is 2. The molecular formula is C25H11N7O2. The Bertz CT molecular complexity index is 1610. The predicted octanol–water partition coefficient (Wildman–Crippen LogP) is 4.90. The SMILES string of the molecule is N#Cc1cc(C#N)cc(-c2nc(-c3nc4ccccc4o3)nc(-c3nc4ccccc4o3)n2)c1. The fraction of sp³-hybridized carbons (Fsp3) is 0. The topological polar surface area (TPSA) is 138 Å². The van der Waals surface area contributed by atoms with E-state index in [4.69, 9.17) is 8.83 Å². The Kier molecular flexibility index (Phi) is 4.32. The van der Waals surface area contributed by atoms with Crippen LogP contribution < -0.4 is 0 Å². The highest BCUT2D eigenvalue weighted by atomic mass is 16.4. The monoisotopic (exact) mass is 441 g/mol. The lowest BCUT2D eigenvalue weighted by Gasteiger charge is -2.05. The van der Waals surface area contributed by atoms with Crippen molar-refractivity contribution in [3.8, 4) is 47.0 Å². The van der Waals surface area contributed by atoms with Crippen LogP contribution in [-0.4, -0.2) is 24.9 Å². The van der Waals surface area contributed by atoms with Crippen molar-refractivity contribution >= 4 is 22.2 Å². The number of nitriles is 2. The smallest absolute Gasteiger partial charge is 0.266 e. The van der Waals surface area contributed by atoms with Gasteiger partial charge in [-0.3, -0.25) is 0 Å². The number of aromatic nitrogens is 5. The second-order valence-corrected chi connectivity index (χ2v) is 7.30. The molecule has 3 aromatic carbocycles. The number of benzene rings is 3. The summed E-state index contributed by atoms with van der Waals surface area (Å²) >= 11 is 0. The molecule has 0 atom stereocenters. The van der Waals surface area contributed by atoms with Crippen molar-refractivity contribution in [3.63, 3.8) is 0 Å². The number of para-hydroxylation sites is 4. The number of hydrogen-bond donors (Lipinski definition) is 0. The van der Waals surface area contributed by atoms with Crippen molar-refractivity contribution in [1.82, 2.24) is 24.9 Å². The van der Waals surface area contributed by atoms with Gasteiger partial charge in [-0.2, -0.15) is 15.5 Å². The van der Waals surface area contributed by atoms with Crippen molar-refractivity contribution in [2.75, 3.05) is 0 Å². The van der Waals surface area contributed by atoms with Crippen LogP contribution in [0, 0.1) is 22.7 Å². The van der Waals surface area contributed by atoms with Gasteiger partial charge in [-0.15, -0.1) is 0 Å². The van der Waals surface area contributed by atoms with Crippen LogP contribution in [0.2, 0.25) is 0 Å². The molecule has 0 aliphatic rings. The first-order chi connectivity index (χ1) is 16.7. The Balaban J connectivity index is 1.59. The summed E-state index contributed by atoms with van der Waals surface area (Å²) < 4.78 is 11.7. The number of rotatable bonds is 3. The summed E-state index contributed by atoms with van der Waals surface area (Å²) in [7, 11) is 0. The third-order valence-electron chi connectivity index (χ3n) is 5.06. The van der Waals surface area contributed by atoms with Crippen LogP contribution in [0.1, 0.15) is 11.1 Å². The van der Waals surface area contributed by atoms with Gasteiger partial charge in [0.25, 0.3) is 11.8 Å². The molecule has 6 aromatic rings. The molecule has 0 fully saturated rings.